The zero-order chi connectivity index (χ0) is 19.4. The first-order valence-corrected chi connectivity index (χ1v) is 8.48. The number of aliphatic carboxylic acids is 2. The molecule has 144 valence electrons. The first-order valence-electron chi connectivity index (χ1n) is 7.84. The fourth-order valence-corrected chi connectivity index (χ4v) is 2.16. The van der Waals surface area contributed by atoms with Crippen molar-refractivity contribution in [3.8, 4) is 0 Å². The minimum Gasteiger partial charge on any atom is -0.481 e. The van der Waals surface area contributed by atoms with Crippen LogP contribution >= 0.6 is 12.6 Å². The molecule has 0 aromatic heterocycles. The Labute approximate surface area is 151 Å². The van der Waals surface area contributed by atoms with Crippen molar-refractivity contribution in [2.45, 2.75) is 50.2 Å². The lowest BCUT2D eigenvalue weighted by Crippen LogP contribution is -2.55. The number of carboxylic acid groups (broad SMARTS) is 2. The Hall–Kier alpha value is -1.85. The molecule has 0 aromatic carbocycles. The number of carbonyl (C=O) groups is 4. The van der Waals surface area contributed by atoms with Gasteiger partial charge in [-0.25, -0.2) is 4.79 Å². The highest BCUT2D eigenvalue weighted by Gasteiger charge is 2.27. The average molecular weight is 378 g/mol. The quantitative estimate of drug-likeness (QED) is 0.146. The number of hydrogen-bond acceptors (Lipinski definition) is 7. The van der Waals surface area contributed by atoms with Crippen LogP contribution in [0.25, 0.3) is 0 Å². The van der Waals surface area contributed by atoms with Crippen molar-refractivity contribution in [3.63, 3.8) is 0 Å². The lowest BCUT2D eigenvalue weighted by Gasteiger charge is -2.21. The van der Waals surface area contributed by atoms with Crippen LogP contribution in [0.3, 0.4) is 0 Å². The van der Waals surface area contributed by atoms with E-state index in [1.807, 2.05) is 0 Å². The second-order valence-electron chi connectivity index (χ2n) is 5.47. The molecule has 3 atom stereocenters. The highest BCUT2D eigenvalue weighted by atomic mass is 32.1. The van der Waals surface area contributed by atoms with E-state index in [2.05, 4.69) is 23.3 Å². The summed E-state index contributed by atoms with van der Waals surface area (Å²) in [5.41, 5.74) is 10.9. The van der Waals surface area contributed by atoms with Gasteiger partial charge in [-0.1, -0.05) is 0 Å². The predicted octanol–water partition coefficient (Wildman–Crippen LogP) is -1.71. The Morgan fingerprint density at radius 1 is 0.960 bits per heavy atom. The monoisotopic (exact) mass is 378 g/mol. The molecule has 2 amide bonds. The summed E-state index contributed by atoms with van der Waals surface area (Å²) < 4.78 is 0. The van der Waals surface area contributed by atoms with E-state index in [0.29, 0.717) is 19.4 Å². The van der Waals surface area contributed by atoms with E-state index in [1.54, 1.807) is 0 Å². The molecule has 0 saturated carbocycles. The van der Waals surface area contributed by atoms with E-state index in [1.165, 1.54) is 0 Å². The molecular formula is C14H26N4O6S. The molecule has 0 saturated heterocycles. The van der Waals surface area contributed by atoms with Gasteiger partial charge in [-0.05, 0) is 32.2 Å². The van der Waals surface area contributed by atoms with Gasteiger partial charge in [0.15, 0.2) is 0 Å². The summed E-state index contributed by atoms with van der Waals surface area (Å²) in [6.45, 7) is 0.420. The lowest BCUT2D eigenvalue weighted by molar-refractivity contribution is -0.142. The van der Waals surface area contributed by atoms with Crippen LogP contribution in [-0.4, -0.2) is 64.4 Å². The molecule has 0 radical (unpaired) electrons. The molecule has 10 nitrogen and oxygen atoms in total. The third-order valence-electron chi connectivity index (χ3n) is 3.38. The number of rotatable bonds is 13. The largest absolute Gasteiger partial charge is 0.481 e. The maximum absolute atomic E-state index is 12.1. The number of nitrogens with two attached hydrogens (primary N) is 2. The van der Waals surface area contributed by atoms with Gasteiger partial charge in [-0.15, -0.1) is 0 Å². The summed E-state index contributed by atoms with van der Waals surface area (Å²) in [7, 11) is 0. The average Bonchev–Trinajstić information content (AvgIpc) is 2.55. The van der Waals surface area contributed by atoms with Crippen LogP contribution in [0.5, 0.6) is 0 Å². The van der Waals surface area contributed by atoms with Crippen LogP contribution in [0.15, 0.2) is 0 Å². The number of carboxylic acids is 2. The summed E-state index contributed by atoms with van der Waals surface area (Å²) in [5.74, 6) is -3.75. The summed E-state index contributed by atoms with van der Waals surface area (Å²) in [4.78, 5) is 45.7. The second-order valence-corrected chi connectivity index (χ2v) is 5.83. The molecule has 11 heteroatoms. The highest BCUT2D eigenvalue weighted by Crippen LogP contribution is 2.03. The van der Waals surface area contributed by atoms with Crippen LogP contribution in [0, 0.1) is 0 Å². The number of thiol groups is 1. The van der Waals surface area contributed by atoms with E-state index in [4.69, 9.17) is 21.7 Å². The number of nitrogens with one attached hydrogen (secondary N) is 2. The van der Waals surface area contributed by atoms with Crippen molar-refractivity contribution in [3.05, 3.63) is 0 Å². The lowest BCUT2D eigenvalue weighted by atomic mass is 10.1. The molecule has 0 bridgehead atoms. The van der Waals surface area contributed by atoms with Crippen LogP contribution in [0.2, 0.25) is 0 Å². The topological polar surface area (TPSA) is 185 Å². The van der Waals surface area contributed by atoms with Crippen molar-refractivity contribution >= 4 is 36.4 Å². The standard InChI is InChI=1S/C14H26N4O6S/c15-6-2-1-3-9(14(23)24)17-13(22)10(7-25)18-12(21)8(16)4-5-11(19)20/h8-10,25H,1-7,15-16H2,(H,17,22)(H,18,21)(H,19,20)(H,23,24)/t8-,9-,10-/m0/s1. The Morgan fingerprint density at radius 3 is 2.04 bits per heavy atom. The van der Waals surface area contributed by atoms with Gasteiger partial charge in [0.05, 0.1) is 6.04 Å². The fourth-order valence-electron chi connectivity index (χ4n) is 1.91. The molecular weight excluding hydrogens is 352 g/mol. The third-order valence-corrected chi connectivity index (χ3v) is 3.75. The molecule has 0 aromatic rings. The van der Waals surface area contributed by atoms with Crippen molar-refractivity contribution < 1.29 is 29.4 Å². The van der Waals surface area contributed by atoms with Gasteiger partial charge < -0.3 is 32.3 Å². The normalized spacial score (nSPS) is 14.2. The van der Waals surface area contributed by atoms with Crippen LogP contribution < -0.4 is 22.1 Å². The predicted molar refractivity (Wildman–Crippen MR) is 93.1 cm³/mol. The summed E-state index contributed by atoms with van der Waals surface area (Å²) >= 11 is 3.97. The van der Waals surface area contributed by atoms with Crippen molar-refractivity contribution in [2.75, 3.05) is 12.3 Å². The first-order chi connectivity index (χ1) is 11.7. The van der Waals surface area contributed by atoms with Gasteiger partial charge in [-0.2, -0.15) is 12.6 Å². The van der Waals surface area contributed by atoms with Gasteiger partial charge in [0.25, 0.3) is 0 Å². The van der Waals surface area contributed by atoms with E-state index in [0.717, 1.165) is 0 Å². The molecule has 8 N–H and O–H groups in total. The van der Waals surface area contributed by atoms with E-state index < -0.39 is 41.9 Å². The first kappa shape index (κ1) is 23.1. The fraction of sp³-hybridized carbons (Fsp3) is 0.714. The Bertz CT molecular complexity index is 476. The smallest absolute Gasteiger partial charge is 0.326 e. The van der Waals surface area contributed by atoms with Crippen LogP contribution in [0.1, 0.15) is 32.1 Å². The molecule has 0 rings (SSSR count). The van der Waals surface area contributed by atoms with Crippen molar-refractivity contribution in [1.82, 2.24) is 10.6 Å². The highest BCUT2D eigenvalue weighted by molar-refractivity contribution is 7.80. The molecule has 0 spiro atoms. The Morgan fingerprint density at radius 2 is 1.56 bits per heavy atom. The molecule has 0 fully saturated rings. The van der Waals surface area contributed by atoms with Gasteiger partial charge in [0, 0.05) is 12.2 Å². The van der Waals surface area contributed by atoms with Gasteiger partial charge in [-0.3, -0.25) is 14.4 Å². The third kappa shape index (κ3) is 9.89. The zero-order valence-corrected chi connectivity index (χ0v) is 14.7. The molecule has 25 heavy (non-hydrogen) atoms. The maximum atomic E-state index is 12.1. The molecule has 0 aliphatic rings. The summed E-state index contributed by atoms with van der Waals surface area (Å²) in [6.07, 6.45) is 1.01. The van der Waals surface area contributed by atoms with Crippen LogP contribution in [0.4, 0.5) is 0 Å². The van der Waals surface area contributed by atoms with Gasteiger partial charge >= 0.3 is 11.9 Å². The molecule has 0 unspecified atom stereocenters. The van der Waals surface area contributed by atoms with Crippen LogP contribution in [-0.2, 0) is 19.2 Å². The second kappa shape index (κ2) is 12.5. The molecule has 0 aliphatic carbocycles. The summed E-state index contributed by atoms with van der Waals surface area (Å²) in [6, 6.07) is -3.27. The SMILES string of the molecule is NCCCC[C@H](NC(=O)[C@H](CS)NC(=O)[C@@H](N)CCC(=O)O)C(=O)O. The van der Waals surface area contributed by atoms with Gasteiger partial charge in [0.1, 0.15) is 12.1 Å². The van der Waals surface area contributed by atoms with E-state index in [9.17, 15) is 19.2 Å². The zero-order valence-electron chi connectivity index (χ0n) is 13.8. The van der Waals surface area contributed by atoms with Gasteiger partial charge in [0.2, 0.25) is 11.8 Å². The Kier molecular flexibility index (Phi) is 11.6. The summed E-state index contributed by atoms with van der Waals surface area (Å²) in [5, 5.41) is 22.4. The van der Waals surface area contributed by atoms with Crippen molar-refractivity contribution in [1.29, 1.82) is 0 Å². The minimum absolute atomic E-state index is 0.0711. The maximum Gasteiger partial charge on any atom is 0.326 e. The molecule has 0 aliphatic heterocycles. The van der Waals surface area contributed by atoms with E-state index >= 15 is 0 Å². The van der Waals surface area contributed by atoms with E-state index in [-0.39, 0.29) is 25.0 Å². The Balaban J connectivity index is 4.63. The molecule has 0 heterocycles. The number of unbranched alkanes of at least 4 members (excludes halogenated alkanes) is 1. The number of amides is 2. The minimum atomic E-state index is -1.19. The van der Waals surface area contributed by atoms with Crippen molar-refractivity contribution in [2.24, 2.45) is 11.5 Å². The number of hydrogen-bond donors (Lipinski definition) is 7. The number of carbonyl (C=O) groups excluding carboxylic acids is 2.